The van der Waals surface area contributed by atoms with Crippen LogP contribution in [0, 0.1) is 0 Å². The molecule has 0 N–H and O–H groups in total. The third kappa shape index (κ3) is 3.57. The molecule has 0 aromatic heterocycles. The molecule has 0 fully saturated rings. The largest absolute Gasteiger partial charge is 0.0651 e. The van der Waals surface area contributed by atoms with E-state index in [1.165, 1.54) is 38.9 Å². The molecule has 0 heteroatoms. The Morgan fingerprint density at radius 1 is 0.444 bits per heavy atom. The Hall–Kier alpha value is -3.12. The zero-order valence-corrected chi connectivity index (χ0v) is 15.7. The fourth-order valence-electron chi connectivity index (χ4n) is 3.81. The van der Waals surface area contributed by atoms with Gasteiger partial charge >= 0.3 is 0 Å². The quantitative estimate of drug-likeness (QED) is 0.347. The summed E-state index contributed by atoms with van der Waals surface area (Å²) in [6.07, 6.45) is 2.25. The van der Waals surface area contributed by atoms with Gasteiger partial charge in [-0.25, -0.2) is 0 Å². The van der Waals surface area contributed by atoms with E-state index in [0.29, 0.717) is 0 Å². The van der Waals surface area contributed by atoms with Gasteiger partial charge in [-0.1, -0.05) is 116 Å². The molecule has 0 saturated heterocycles. The van der Waals surface area contributed by atoms with Crippen LogP contribution >= 0.6 is 0 Å². The van der Waals surface area contributed by atoms with Crippen LogP contribution in [0.2, 0.25) is 0 Å². The molecular formula is C27H24. The molecule has 132 valence electrons. The van der Waals surface area contributed by atoms with E-state index in [1.54, 1.807) is 0 Å². The summed E-state index contributed by atoms with van der Waals surface area (Å²) < 4.78 is 0. The maximum absolute atomic E-state index is 2.26. The van der Waals surface area contributed by atoms with Crippen molar-refractivity contribution >= 4 is 0 Å². The van der Waals surface area contributed by atoms with Crippen LogP contribution in [0.3, 0.4) is 0 Å². The van der Waals surface area contributed by atoms with E-state index in [1.807, 2.05) is 0 Å². The highest BCUT2D eigenvalue weighted by Gasteiger charge is 2.13. The van der Waals surface area contributed by atoms with Crippen LogP contribution < -0.4 is 0 Å². The fraction of sp³-hybridized carbons (Fsp3) is 0.111. The second-order valence-corrected chi connectivity index (χ2v) is 6.86. The van der Waals surface area contributed by atoms with Gasteiger partial charge in [0.25, 0.3) is 0 Å². The molecule has 0 saturated carbocycles. The summed E-state index contributed by atoms with van der Waals surface area (Å²) in [5.74, 6) is 0. The first-order valence-corrected chi connectivity index (χ1v) is 9.70. The Morgan fingerprint density at radius 2 is 0.889 bits per heavy atom. The summed E-state index contributed by atoms with van der Waals surface area (Å²) in [6, 6.07) is 37.0. The van der Waals surface area contributed by atoms with Gasteiger partial charge in [-0.3, -0.25) is 0 Å². The molecule has 0 aliphatic rings. The highest BCUT2D eigenvalue weighted by Crippen LogP contribution is 2.39. The van der Waals surface area contributed by atoms with Crippen molar-refractivity contribution in [3.05, 3.63) is 109 Å². The van der Waals surface area contributed by atoms with Crippen molar-refractivity contribution in [2.75, 3.05) is 0 Å². The van der Waals surface area contributed by atoms with Crippen molar-refractivity contribution in [3.63, 3.8) is 0 Å². The SMILES string of the molecule is CCCc1ccccc1-c1ccccc1-c1ccccc1-c1ccccc1. The second kappa shape index (κ2) is 8.05. The standard InChI is InChI=1S/C27H24/c1-2-12-21-15-6-7-16-23(21)25-19-10-11-20-27(25)26-18-9-8-17-24(26)22-13-4-3-5-14-22/h3-11,13-20H,2,12H2,1H3. The van der Waals surface area contributed by atoms with Gasteiger partial charge in [-0.15, -0.1) is 0 Å². The lowest BCUT2D eigenvalue weighted by atomic mass is 9.87. The van der Waals surface area contributed by atoms with Gasteiger partial charge in [0, 0.05) is 0 Å². The Bertz CT molecular complexity index is 1030. The summed E-state index contributed by atoms with van der Waals surface area (Å²) in [6.45, 7) is 2.24. The van der Waals surface area contributed by atoms with E-state index in [-0.39, 0.29) is 0 Å². The molecule has 4 rings (SSSR count). The van der Waals surface area contributed by atoms with E-state index in [4.69, 9.17) is 0 Å². The predicted molar refractivity (Wildman–Crippen MR) is 117 cm³/mol. The van der Waals surface area contributed by atoms with E-state index in [2.05, 4.69) is 110 Å². The van der Waals surface area contributed by atoms with Gasteiger partial charge in [0.15, 0.2) is 0 Å². The highest BCUT2D eigenvalue weighted by molar-refractivity contribution is 5.92. The lowest BCUT2D eigenvalue weighted by Gasteiger charge is -2.16. The summed E-state index contributed by atoms with van der Waals surface area (Å²) in [4.78, 5) is 0. The predicted octanol–water partition coefficient (Wildman–Crippen LogP) is 7.64. The van der Waals surface area contributed by atoms with Crippen LogP contribution in [0.1, 0.15) is 18.9 Å². The number of hydrogen-bond donors (Lipinski definition) is 0. The van der Waals surface area contributed by atoms with E-state index in [9.17, 15) is 0 Å². The van der Waals surface area contributed by atoms with Gasteiger partial charge in [0.2, 0.25) is 0 Å². The molecule has 0 aliphatic carbocycles. The van der Waals surface area contributed by atoms with Gasteiger partial charge in [-0.05, 0) is 45.4 Å². The van der Waals surface area contributed by atoms with Crippen LogP contribution in [-0.2, 0) is 6.42 Å². The van der Waals surface area contributed by atoms with Crippen LogP contribution in [0.4, 0.5) is 0 Å². The number of benzene rings is 4. The van der Waals surface area contributed by atoms with Crippen LogP contribution in [0.25, 0.3) is 33.4 Å². The lowest BCUT2D eigenvalue weighted by Crippen LogP contribution is -1.93. The Morgan fingerprint density at radius 3 is 1.52 bits per heavy atom. The van der Waals surface area contributed by atoms with Gasteiger partial charge in [-0.2, -0.15) is 0 Å². The molecule has 4 aromatic carbocycles. The minimum Gasteiger partial charge on any atom is -0.0651 e. The maximum Gasteiger partial charge on any atom is -0.00991 e. The second-order valence-electron chi connectivity index (χ2n) is 6.86. The summed E-state index contributed by atoms with van der Waals surface area (Å²) in [7, 11) is 0. The molecule has 0 radical (unpaired) electrons. The number of aryl methyl sites for hydroxylation is 1. The van der Waals surface area contributed by atoms with Gasteiger partial charge in [0.05, 0.1) is 0 Å². The average Bonchev–Trinajstić information content (AvgIpc) is 2.75. The van der Waals surface area contributed by atoms with Crippen molar-refractivity contribution in [1.82, 2.24) is 0 Å². The molecule has 0 atom stereocenters. The zero-order chi connectivity index (χ0) is 18.5. The van der Waals surface area contributed by atoms with Crippen molar-refractivity contribution in [1.29, 1.82) is 0 Å². The van der Waals surface area contributed by atoms with Gasteiger partial charge < -0.3 is 0 Å². The number of hydrogen-bond acceptors (Lipinski definition) is 0. The van der Waals surface area contributed by atoms with E-state index in [0.717, 1.165) is 12.8 Å². The first kappa shape index (κ1) is 17.3. The molecule has 0 bridgehead atoms. The smallest absolute Gasteiger partial charge is 0.00991 e. The van der Waals surface area contributed by atoms with E-state index >= 15 is 0 Å². The first-order valence-electron chi connectivity index (χ1n) is 9.70. The van der Waals surface area contributed by atoms with Crippen LogP contribution in [0.5, 0.6) is 0 Å². The van der Waals surface area contributed by atoms with Crippen LogP contribution in [0.15, 0.2) is 103 Å². The number of rotatable bonds is 5. The van der Waals surface area contributed by atoms with E-state index < -0.39 is 0 Å². The fourth-order valence-corrected chi connectivity index (χ4v) is 3.81. The highest BCUT2D eigenvalue weighted by atomic mass is 14.2. The summed E-state index contributed by atoms with van der Waals surface area (Å²) >= 11 is 0. The molecule has 0 nitrogen and oxygen atoms in total. The first-order chi connectivity index (χ1) is 13.4. The van der Waals surface area contributed by atoms with Crippen molar-refractivity contribution in [3.8, 4) is 33.4 Å². The van der Waals surface area contributed by atoms with Crippen molar-refractivity contribution < 1.29 is 0 Å². The summed E-state index contributed by atoms with van der Waals surface area (Å²) in [5.41, 5.74) is 9.18. The average molecular weight is 348 g/mol. The van der Waals surface area contributed by atoms with Crippen molar-refractivity contribution in [2.45, 2.75) is 19.8 Å². The maximum atomic E-state index is 2.26. The van der Waals surface area contributed by atoms with Gasteiger partial charge in [0.1, 0.15) is 0 Å². The molecular weight excluding hydrogens is 324 g/mol. The Balaban J connectivity index is 1.92. The molecule has 27 heavy (non-hydrogen) atoms. The topological polar surface area (TPSA) is 0 Å². The Kier molecular flexibility index (Phi) is 5.16. The minimum absolute atomic E-state index is 1.10. The summed E-state index contributed by atoms with van der Waals surface area (Å²) in [5, 5.41) is 0. The lowest BCUT2D eigenvalue weighted by molar-refractivity contribution is 0.924. The van der Waals surface area contributed by atoms with Crippen molar-refractivity contribution in [2.24, 2.45) is 0 Å². The molecule has 0 amide bonds. The van der Waals surface area contributed by atoms with Crippen LogP contribution in [-0.4, -0.2) is 0 Å². The third-order valence-corrected chi connectivity index (χ3v) is 5.06. The minimum atomic E-state index is 1.10. The monoisotopic (exact) mass is 348 g/mol. The molecule has 0 heterocycles. The molecule has 0 aliphatic heterocycles. The molecule has 4 aromatic rings. The zero-order valence-electron chi connectivity index (χ0n) is 15.7. The Labute approximate surface area is 162 Å². The molecule has 0 unspecified atom stereocenters. The third-order valence-electron chi connectivity index (χ3n) is 5.06. The molecule has 0 spiro atoms. The normalized spacial score (nSPS) is 10.7.